The van der Waals surface area contributed by atoms with Gasteiger partial charge in [-0.15, -0.1) is 0 Å². The van der Waals surface area contributed by atoms with E-state index in [2.05, 4.69) is 26.0 Å². The normalized spacial score (nSPS) is 12.4. The van der Waals surface area contributed by atoms with Crippen molar-refractivity contribution in [3.63, 3.8) is 0 Å². The van der Waals surface area contributed by atoms with Gasteiger partial charge in [-0.2, -0.15) is 0 Å². The first kappa shape index (κ1) is 26.0. The number of nitrogens with one attached hydrogen (secondary N) is 3. The summed E-state index contributed by atoms with van der Waals surface area (Å²) in [6.07, 6.45) is 0.374. The zero-order valence-corrected chi connectivity index (χ0v) is 16.6. The lowest BCUT2D eigenvalue weighted by molar-refractivity contribution is -0.142. The third kappa shape index (κ3) is 12.9. The SMILES string of the molecule is CC(C)[C@@H](NC(=O)CCOCCN=[N+]=[N-])C(=O)N[C@@H](CCCNC(N)=O)C(=O)O. The Kier molecular flexibility index (Phi) is 13.4. The van der Waals surface area contributed by atoms with Crippen molar-refractivity contribution < 1.29 is 29.0 Å². The molecule has 0 radical (unpaired) electrons. The molecule has 29 heavy (non-hydrogen) atoms. The van der Waals surface area contributed by atoms with E-state index in [1.807, 2.05) is 0 Å². The van der Waals surface area contributed by atoms with Gasteiger partial charge in [-0.05, 0) is 24.3 Å². The molecule has 0 bridgehead atoms. The highest BCUT2D eigenvalue weighted by atomic mass is 16.5. The molecule has 4 amide bonds. The lowest BCUT2D eigenvalue weighted by Gasteiger charge is -2.24. The van der Waals surface area contributed by atoms with Crippen LogP contribution in [-0.2, 0) is 19.1 Å². The molecule has 0 heterocycles. The van der Waals surface area contributed by atoms with Gasteiger partial charge in [-0.1, -0.05) is 19.0 Å². The molecule has 0 aromatic heterocycles. The molecular weight excluding hydrogens is 386 g/mol. The van der Waals surface area contributed by atoms with Crippen molar-refractivity contribution in [1.82, 2.24) is 16.0 Å². The minimum atomic E-state index is -1.22. The van der Waals surface area contributed by atoms with E-state index in [0.29, 0.717) is 6.42 Å². The molecule has 0 aromatic rings. The highest BCUT2D eigenvalue weighted by molar-refractivity contribution is 5.90. The number of carbonyl (C=O) groups is 4. The second-order valence-corrected chi connectivity index (χ2v) is 6.44. The molecular formula is C16H29N7O6. The summed E-state index contributed by atoms with van der Waals surface area (Å²) >= 11 is 0. The van der Waals surface area contributed by atoms with Gasteiger partial charge in [0.25, 0.3) is 0 Å². The molecule has 2 atom stereocenters. The van der Waals surface area contributed by atoms with Crippen LogP contribution in [0.15, 0.2) is 5.11 Å². The molecule has 0 saturated carbocycles. The number of carboxylic acid groups (broad SMARTS) is 1. The van der Waals surface area contributed by atoms with Crippen LogP contribution in [0.4, 0.5) is 4.79 Å². The minimum Gasteiger partial charge on any atom is -0.480 e. The number of hydrogen-bond donors (Lipinski definition) is 5. The summed E-state index contributed by atoms with van der Waals surface area (Å²) in [4.78, 5) is 49.0. The smallest absolute Gasteiger partial charge is 0.326 e. The van der Waals surface area contributed by atoms with Crippen LogP contribution >= 0.6 is 0 Å². The number of rotatable bonds is 15. The Balaban J connectivity index is 4.56. The fourth-order valence-corrected chi connectivity index (χ4v) is 2.23. The zero-order chi connectivity index (χ0) is 22.2. The van der Waals surface area contributed by atoms with Gasteiger partial charge >= 0.3 is 12.0 Å². The molecule has 0 aliphatic heterocycles. The summed E-state index contributed by atoms with van der Waals surface area (Å²) < 4.78 is 5.13. The van der Waals surface area contributed by atoms with Crippen molar-refractivity contribution >= 4 is 23.8 Å². The number of carbonyl (C=O) groups excluding carboxylic acids is 3. The van der Waals surface area contributed by atoms with Crippen LogP contribution in [0.3, 0.4) is 0 Å². The van der Waals surface area contributed by atoms with Gasteiger partial charge in [0.05, 0.1) is 13.2 Å². The Morgan fingerprint density at radius 3 is 2.45 bits per heavy atom. The first-order chi connectivity index (χ1) is 13.7. The van der Waals surface area contributed by atoms with Crippen LogP contribution < -0.4 is 21.7 Å². The zero-order valence-electron chi connectivity index (χ0n) is 16.6. The van der Waals surface area contributed by atoms with Crippen LogP contribution in [-0.4, -0.2) is 67.3 Å². The van der Waals surface area contributed by atoms with E-state index in [4.69, 9.17) is 16.0 Å². The van der Waals surface area contributed by atoms with Gasteiger partial charge in [0.2, 0.25) is 11.8 Å². The first-order valence-electron chi connectivity index (χ1n) is 9.13. The van der Waals surface area contributed by atoms with Crippen LogP contribution in [0.2, 0.25) is 0 Å². The largest absolute Gasteiger partial charge is 0.480 e. The summed E-state index contributed by atoms with van der Waals surface area (Å²) in [5.74, 6) is -2.55. The van der Waals surface area contributed by atoms with Crippen molar-refractivity contribution in [3.05, 3.63) is 10.4 Å². The average molecular weight is 415 g/mol. The third-order valence-electron chi connectivity index (χ3n) is 3.72. The molecule has 6 N–H and O–H groups in total. The molecule has 0 unspecified atom stereocenters. The van der Waals surface area contributed by atoms with E-state index in [1.54, 1.807) is 13.8 Å². The van der Waals surface area contributed by atoms with Gasteiger partial charge in [0.15, 0.2) is 0 Å². The molecule has 0 fully saturated rings. The fraction of sp³-hybridized carbons (Fsp3) is 0.750. The molecule has 0 spiro atoms. The van der Waals surface area contributed by atoms with E-state index in [9.17, 15) is 24.3 Å². The third-order valence-corrected chi connectivity index (χ3v) is 3.72. The number of nitrogens with zero attached hydrogens (tertiary/aromatic N) is 3. The van der Waals surface area contributed by atoms with E-state index in [1.165, 1.54) is 0 Å². The number of primary amides is 1. The van der Waals surface area contributed by atoms with Gasteiger partial charge in [-0.25, -0.2) is 9.59 Å². The summed E-state index contributed by atoms with van der Waals surface area (Å²) in [6, 6.07) is -2.80. The standard InChI is InChI=1S/C16H29N7O6/c1-10(2)13(22-12(24)5-8-29-9-7-20-23-18)14(25)21-11(15(26)27)4-3-6-19-16(17)28/h10-11,13H,3-9H2,1-2H3,(H,21,25)(H,22,24)(H,26,27)(H3,17,19,28)/t11-,13+/m0/s1. The van der Waals surface area contributed by atoms with Crippen molar-refractivity contribution in [3.8, 4) is 0 Å². The summed E-state index contributed by atoms with van der Waals surface area (Å²) in [5.41, 5.74) is 13.1. The molecule has 164 valence electrons. The summed E-state index contributed by atoms with van der Waals surface area (Å²) in [6.45, 7) is 4.03. The second kappa shape index (κ2) is 14.9. The monoisotopic (exact) mass is 415 g/mol. The van der Waals surface area contributed by atoms with E-state index >= 15 is 0 Å². The predicted molar refractivity (Wildman–Crippen MR) is 103 cm³/mol. The topological polar surface area (TPSA) is 209 Å². The van der Waals surface area contributed by atoms with Crippen LogP contribution in [0, 0.1) is 5.92 Å². The van der Waals surface area contributed by atoms with E-state index < -0.39 is 35.9 Å². The molecule has 13 nitrogen and oxygen atoms in total. The fourth-order valence-electron chi connectivity index (χ4n) is 2.23. The van der Waals surface area contributed by atoms with Crippen molar-refractivity contribution in [1.29, 1.82) is 0 Å². The molecule has 0 saturated heterocycles. The molecule has 13 heteroatoms. The Morgan fingerprint density at radius 1 is 1.21 bits per heavy atom. The number of carboxylic acids is 1. The lowest BCUT2D eigenvalue weighted by Crippen LogP contribution is -2.53. The number of amides is 4. The maximum Gasteiger partial charge on any atom is 0.326 e. The number of hydrogen-bond acceptors (Lipinski definition) is 6. The van der Waals surface area contributed by atoms with Crippen molar-refractivity contribution in [2.75, 3.05) is 26.3 Å². The summed E-state index contributed by atoms with van der Waals surface area (Å²) in [5, 5.41) is 19.9. The number of aliphatic carboxylic acids is 1. The van der Waals surface area contributed by atoms with Gasteiger partial charge < -0.3 is 31.5 Å². The predicted octanol–water partition coefficient (Wildman–Crippen LogP) is -0.138. The highest BCUT2D eigenvalue weighted by Crippen LogP contribution is 2.05. The van der Waals surface area contributed by atoms with Gasteiger partial charge in [-0.3, -0.25) is 9.59 Å². The van der Waals surface area contributed by atoms with E-state index in [0.717, 1.165) is 0 Å². The van der Waals surface area contributed by atoms with Crippen molar-refractivity contribution in [2.45, 2.75) is 45.2 Å². The molecule has 0 aliphatic rings. The Labute approximate surface area is 168 Å². The minimum absolute atomic E-state index is 0.00604. The second-order valence-electron chi connectivity index (χ2n) is 6.44. The maximum absolute atomic E-state index is 12.5. The molecule has 0 aliphatic carbocycles. The quantitative estimate of drug-likeness (QED) is 0.106. The van der Waals surface area contributed by atoms with Crippen LogP contribution in [0.25, 0.3) is 10.4 Å². The van der Waals surface area contributed by atoms with Crippen molar-refractivity contribution in [2.24, 2.45) is 16.8 Å². The summed E-state index contributed by atoms with van der Waals surface area (Å²) in [7, 11) is 0. The van der Waals surface area contributed by atoms with Crippen LogP contribution in [0.5, 0.6) is 0 Å². The Bertz CT molecular complexity index is 607. The highest BCUT2D eigenvalue weighted by Gasteiger charge is 2.28. The maximum atomic E-state index is 12.5. The molecule has 0 aromatic carbocycles. The molecule has 0 rings (SSSR count). The number of urea groups is 1. The number of azide groups is 1. The Morgan fingerprint density at radius 2 is 1.90 bits per heavy atom. The Hall–Kier alpha value is -3.05. The van der Waals surface area contributed by atoms with E-state index in [-0.39, 0.29) is 45.1 Å². The van der Waals surface area contributed by atoms with Gasteiger partial charge in [0.1, 0.15) is 12.1 Å². The number of ether oxygens (including phenoxy) is 1. The average Bonchev–Trinajstić information content (AvgIpc) is 2.64. The van der Waals surface area contributed by atoms with Gasteiger partial charge in [0, 0.05) is 24.4 Å². The van der Waals surface area contributed by atoms with Crippen LogP contribution in [0.1, 0.15) is 33.1 Å². The lowest BCUT2D eigenvalue weighted by atomic mass is 10.0. The number of nitrogens with two attached hydrogens (primary N) is 1. The first-order valence-corrected chi connectivity index (χ1v) is 9.13.